The number of aliphatic carboxylic acids is 1. The molecule has 116 valence electrons. The lowest BCUT2D eigenvalue weighted by Gasteiger charge is -2.28. The molecular weight excluding hydrogens is 268 g/mol. The molecule has 2 N–H and O–H groups in total. The molecule has 2 bridgehead atoms. The quantitative estimate of drug-likeness (QED) is 0.833. The SMILES string of the molecule is O=C(O)CN(C(=O)NC1C2C3CCC(C3)C12)C1CCCC1. The zero-order valence-corrected chi connectivity index (χ0v) is 12.3. The van der Waals surface area contributed by atoms with E-state index in [-0.39, 0.29) is 18.6 Å². The van der Waals surface area contributed by atoms with E-state index in [0.717, 1.165) is 37.5 Å². The van der Waals surface area contributed by atoms with Gasteiger partial charge in [-0.3, -0.25) is 4.79 Å². The highest BCUT2D eigenvalue weighted by Crippen LogP contribution is 2.65. The fourth-order valence-corrected chi connectivity index (χ4v) is 5.47. The van der Waals surface area contributed by atoms with Crippen LogP contribution >= 0.6 is 0 Å². The fraction of sp³-hybridized carbons (Fsp3) is 0.875. The molecule has 0 saturated heterocycles. The molecule has 4 saturated carbocycles. The first kappa shape index (κ1) is 13.4. The molecule has 5 heteroatoms. The van der Waals surface area contributed by atoms with Crippen LogP contribution in [0.15, 0.2) is 0 Å². The molecule has 2 amide bonds. The third kappa shape index (κ3) is 2.21. The van der Waals surface area contributed by atoms with Gasteiger partial charge < -0.3 is 15.3 Å². The van der Waals surface area contributed by atoms with Gasteiger partial charge in [-0.2, -0.15) is 0 Å². The van der Waals surface area contributed by atoms with Crippen LogP contribution in [0.3, 0.4) is 0 Å². The number of nitrogens with zero attached hydrogens (tertiary/aromatic N) is 1. The van der Waals surface area contributed by atoms with Gasteiger partial charge in [-0.1, -0.05) is 12.8 Å². The molecule has 0 aromatic heterocycles. The van der Waals surface area contributed by atoms with E-state index in [4.69, 9.17) is 5.11 Å². The van der Waals surface area contributed by atoms with Gasteiger partial charge in [0.25, 0.3) is 0 Å². The van der Waals surface area contributed by atoms with Crippen molar-refractivity contribution >= 4 is 12.0 Å². The summed E-state index contributed by atoms with van der Waals surface area (Å²) in [4.78, 5) is 25.2. The summed E-state index contributed by atoms with van der Waals surface area (Å²) in [6.45, 7) is -0.161. The minimum Gasteiger partial charge on any atom is -0.480 e. The second-order valence-electron chi connectivity index (χ2n) is 7.42. The summed E-state index contributed by atoms with van der Waals surface area (Å²) in [7, 11) is 0. The Morgan fingerprint density at radius 1 is 1.05 bits per heavy atom. The van der Waals surface area contributed by atoms with Gasteiger partial charge >= 0.3 is 12.0 Å². The van der Waals surface area contributed by atoms with E-state index in [0.29, 0.717) is 17.9 Å². The third-order valence-electron chi connectivity index (χ3n) is 6.36. The molecule has 4 fully saturated rings. The largest absolute Gasteiger partial charge is 0.480 e. The van der Waals surface area contributed by atoms with Crippen molar-refractivity contribution in [1.29, 1.82) is 0 Å². The molecule has 4 atom stereocenters. The molecule has 4 aliphatic carbocycles. The van der Waals surface area contributed by atoms with Gasteiger partial charge in [0, 0.05) is 12.1 Å². The molecule has 0 aliphatic heterocycles. The Bertz CT molecular complexity index is 444. The second-order valence-corrected chi connectivity index (χ2v) is 7.42. The van der Waals surface area contributed by atoms with E-state index in [9.17, 15) is 9.59 Å². The summed E-state index contributed by atoms with van der Waals surface area (Å²) in [5, 5.41) is 12.2. The van der Waals surface area contributed by atoms with Crippen molar-refractivity contribution in [2.45, 2.75) is 57.0 Å². The number of carboxylic acids is 1. The van der Waals surface area contributed by atoms with Crippen molar-refractivity contribution in [2.24, 2.45) is 23.7 Å². The van der Waals surface area contributed by atoms with Crippen molar-refractivity contribution in [2.75, 3.05) is 6.54 Å². The van der Waals surface area contributed by atoms with Crippen LogP contribution in [0, 0.1) is 23.7 Å². The van der Waals surface area contributed by atoms with Gasteiger partial charge in [0.15, 0.2) is 0 Å². The topological polar surface area (TPSA) is 69.6 Å². The minimum absolute atomic E-state index is 0.122. The van der Waals surface area contributed by atoms with Gasteiger partial charge in [0.1, 0.15) is 6.54 Å². The lowest BCUT2D eigenvalue weighted by Crippen LogP contribution is -2.49. The Labute approximate surface area is 125 Å². The minimum atomic E-state index is -0.909. The van der Waals surface area contributed by atoms with Gasteiger partial charge in [0.2, 0.25) is 0 Å². The predicted octanol–water partition coefficient (Wildman–Crippen LogP) is 2.07. The number of nitrogens with one attached hydrogen (secondary N) is 1. The van der Waals surface area contributed by atoms with Gasteiger partial charge in [-0.25, -0.2) is 4.79 Å². The first-order chi connectivity index (χ1) is 10.1. The smallest absolute Gasteiger partial charge is 0.323 e. The monoisotopic (exact) mass is 292 g/mol. The van der Waals surface area contributed by atoms with E-state index in [2.05, 4.69) is 5.32 Å². The Balaban J connectivity index is 1.39. The molecule has 4 unspecified atom stereocenters. The summed E-state index contributed by atoms with van der Waals surface area (Å²) in [5.41, 5.74) is 0. The van der Waals surface area contributed by atoms with Crippen LogP contribution in [0.1, 0.15) is 44.9 Å². The van der Waals surface area contributed by atoms with Crippen molar-refractivity contribution in [3.05, 3.63) is 0 Å². The Morgan fingerprint density at radius 2 is 1.67 bits per heavy atom. The zero-order chi connectivity index (χ0) is 14.6. The van der Waals surface area contributed by atoms with Crippen LogP contribution in [0.4, 0.5) is 4.79 Å². The number of urea groups is 1. The van der Waals surface area contributed by atoms with Crippen LogP contribution in [0.5, 0.6) is 0 Å². The lowest BCUT2D eigenvalue weighted by molar-refractivity contribution is -0.138. The van der Waals surface area contributed by atoms with Crippen LogP contribution in [0.2, 0.25) is 0 Å². The maximum Gasteiger partial charge on any atom is 0.323 e. The maximum absolute atomic E-state index is 12.5. The van der Waals surface area contributed by atoms with Crippen LogP contribution < -0.4 is 5.32 Å². The first-order valence-corrected chi connectivity index (χ1v) is 8.44. The number of amides is 2. The fourth-order valence-electron chi connectivity index (χ4n) is 5.47. The Hall–Kier alpha value is -1.26. The second kappa shape index (κ2) is 4.89. The van der Waals surface area contributed by atoms with E-state index in [1.54, 1.807) is 4.90 Å². The molecule has 0 spiro atoms. The number of rotatable bonds is 4. The number of fused-ring (bicyclic) bond motifs is 5. The van der Waals surface area contributed by atoms with E-state index >= 15 is 0 Å². The molecule has 21 heavy (non-hydrogen) atoms. The van der Waals surface area contributed by atoms with Crippen LogP contribution in [-0.2, 0) is 4.79 Å². The van der Waals surface area contributed by atoms with Crippen molar-refractivity contribution in [3.63, 3.8) is 0 Å². The average molecular weight is 292 g/mol. The Morgan fingerprint density at radius 3 is 2.24 bits per heavy atom. The summed E-state index contributed by atoms with van der Waals surface area (Å²) in [6, 6.07) is 0.320. The molecule has 4 rings (SSSR count). The number of hydrogen-bond acceptors (Lipinski definition) is 2. The summed E-state index contributed by atoms with van der Waals surface area (Å²) < 4.78 is 0. The highest BCUT2D eigenvalue weighted by atomic mass is 16.4. The average Bonchev–Trinajstić information content (AvgIpc) is 2.92. The van der Waals surface area contributed by atoms with Crippen molar-refractivity contribution in [1.82, 2.24) is 10.2 Å². The number of carboxylic acid groups (broad SMARTS) is 1. The summed E-state index contributed by atoms with van der Waals surface area (Å²) in [6.07, 6.45) is 8.13. The summed E-state index contributed by atoms with van der Waals surface area (Å²) in [5.74, 6) is 2.13. The number of hydrogen-bond donors (Lipinski definition) is 2. The molecule has 0 aromatic carbocycles. The standard InChI is InChI=1S/C16H24N2O3/c19-12(20)8-18(11-3-1-2-4-11)16(21)17-15-13-9-5-6-10(7-9)14(13)15/h9-11,13-15H,1-8H2,(H,17,21)(H,19,20). The lowest BCUT2D eigenvalue weighted by atomic mass is 10.0. The van der Waals surface area contributed by atoms with Crippen molar-refractivity contribution in [3.8, 4) is 0 Å². The highest BCUT2D eigenvalue weighted by molar-refractivity contribution is 5.81. The molecular formula is C16H24N2O3. The molecule has 5 nitrogen and oxygen atoms in total. The number of carbonyl (C=O) groups excluding carboxylic acids is 1. The van der Waals surface area contributed by atoms with E-state index < -0.39 is 5.97 Å². The van der Waals surface area contributed by atoms with Crippen LogP contribution in [0.25, 0.3) is 0 Å². The summed E-state index contributed by atoms with van der Waals surface area (Å²) >= 11 is 0. The van der Waals surface area contributed by atoms with Gasteiger partial charge in [-0.15, -0.1) is 0 Å². The highest BCUT2D eigenvalue weighted by Gasteiger charge is 2.65. The third-order valence-corrected chi connectivity index (χ3v) is 6.36. The molecule has 0 heterocycles. The van der Waals surface area contributed by atoms with E-state index in [1.807, 2.05) is 0 Å². The molecule has 0 radical (unpaired) electrons. The molecule has 4 aliphatic rings. The first-order valence-electron chi connectivity index (χ1n) is 8.44. The predicted molar refractivity (Wildman–Crippen MR) is 76.7 cm³/mol. The number of carbonyl (C=O) groups is 2. The van der Waals surface area contributed by atoms with Gasteiger partial charge in [0.05, 0.1) is 0 Å². The van der Waals surface area contributed by atoms with Gasteiger partial charge in [-0.05, 0) is 55.8 Å². The van der Waals surface area contributed by atoms with E-state index in [1.165, 1.54) is 19.3 Å². The van der Waals surface area contributed by atoms with Crippen LogP contribution in [-0.4, -0.2) is 40.6 Å². The van der Waals surface area contributed by atoms with Crippen molar-refractivity contribution < 1.29 is 14.7 Å². The Kier molecular flexibility index (Phi) is 3.12. The maximum atomic E-state index is 12.5. The molecule has 0 aromatic rings. The normalized spacial score (nSPS) is 40.1. The zero-order valence-electron chi connectivity index (χ0n) is 12.3.